The second-order valence-corrected chi connectivity index (χ2v) is 6.07. The second-order valence-electron chi connectivity index (χ2n) is 4.99. The molecule has 0 aliphatic carbocycles. The van der Waals surface area contributed by atoms with Crippen LogP contribution >= 0.6 is 11.3 Å². The van der Waals surface area contributed by atoms with Crippen LogP contribution < -0.4 is 10.6 Å². The molecule has 2 atom stereocenters. The van der Waals surface area contributed by atoms with E-state index in [-0.39, 0.29) is 17.6 Å². The standard InChI is InChI=1S/C14H15FN2O2S/c15-10-1-2-12-8(3-10)4-13(20-12)14(19)17-6-9-5-16-7-11(9)18/h1-4,9,11,16,18H,5-7H2,(H,17,19). The molecule has 0 radical (unpaired) electrons. The SMILES string of the molecule is O=C(NCC1CNCC1O)c1cc2cc(F)ccc2s1. The van der Waals surface area contributed by atoms with E-state index in [0.717, 1.165) is 10.1 Å². The van der Waals surface area contributed by atoms with E-state index < -0.39 is 6.10 Å². The first-order chi connectivity index (χ1) is 9.63. The lowest BCUT2D eigenvalue weighted by Crippen LogP contribution is -2.33. The average Bonchev–Trinajstić information content (AvgIpc) is 3.01. The molecule has 2 unspecified atom stereocenters. The smallest absolute Gasteiger partial charge is 0.261 e. The zero-order valence-electron chi connectivity index (χ0n) is 10.7. The van der Waals surface area contributed by atoms with E-state index in [1.165, 1.54) is 23.5 Å². The molecule has 3 N–H and O–H groups in total. The van der Waals surface area contributed by atoms with Crippen LogP contribution in [0.15, 0.2) is 24.3 Å². The van der Waals surface area contributed by atoms with Crippen LogP contribution in [0.1, 0.15) is 9.67 Å². The van der Waals surface area contributed by atoms with Gasteiger partial charge in [0.2, 0.25) is 0 Å². The monoisotopic (exact) mass is 294 g/mol. The molecule has 1 aromatic heterocycles. The number of carbonyl (C=O) groups excluding carboxylic acids is 1. The third kappa shape index (κ3) is 2.67. The molecule has 0 bridgehead atoms. The summed E-state index contributed by atoms with van der Waals surface area (Å²) < 4.78 is 14.0. The maximum Gasteiger partial charge on any atom is 0.261 e. The van der Waals surface area contributed by atoms with Crippen molar-refractivity contribution in [3.8, 4) is 0 Å². The number of aliphatic hydroxyl groups excluding tert-OH is 1. The summed E-state index contributed by atoms with van der Waals surface area (Å²) in [5.41, 5.74) is 0. The highest BCUT2D eigenvalue weighted by Gasteiger charge is 2.25. The Labute approximate surface area is 119 Å². The quantitative estimate of drug-likeness (QED) is 0.801. The number of hydrogen-bond donors (Lipinski definition) is 3. The number of aliphatic hydroxyl groups is 1. The number of fused-ring (bicyclic) bond motifs is 1. The lowest BCUT2D eigenvalue weighted by Gasteiger charge is -2.13. The van der Waals surface area contributed by atoms with E-state index in [2.05, 4.69) is 10.6 Å². The van der Waals surface area contributed by atoms with Crippen molar-refractivity contribution in [2.24, 2.45) is 5.92 Å². The van der Waals surface area contributed by atoms with Crippen molar-refractivity contribution in [1.82, 2.24) is 10.6 Å². The highest BCUT2D eigenvalue weighted by atomic mass is 32.1. The minimum Gasteiger partial charge on any atom is -0.391 e. The minimum absolute atomic E-state index is 0.0470. The molecule has 1 fully saturated rings. The first-order valence-electron chi connectivity index (χ1n) is 6.49. The summed E-state index contributed by atoms with van der Waals surface area (Å²) in [6.45, 7) is 1.72. The number of benzene rings is 1. The van der Waals surface area contributed by atoms with Crippen molar-refractivity contribution < 1.29 is 14.3 Å². The van der Waals surface area contributed by atoms with E-state index >= 15 is 0 Å². The van der Waals surface area contributed by atoms with Crippen LogP contribution in [0.25, 0.3) is 10.1 Å². The van der Waals surface area contributed by atoms with Crippen LogP contribution in [0, 0.1) is 11.7 Å². The topological polar surface area (TPSA) is 61.4 Å². The predicted molar refractivity (Wildman–Crippen MR) is 76.5 cm³/mol. The molecule has 2 aromatic rings. The number of nitrogens with one attached hydrogen (secondary N) is 2. The largest absolute Gasteiger partial charge is 0.391 e. The Morgan fingerprint density at radius 2 is 2.30 bits per heavy atom. The summed E-state index contributed by atoms with van der Waals surface area (Å²) in [5.74, 6) is -0.432. The van der Waals surface area contributed by atoms with E-state index in [1.807, 2.05) is 0 Å². The molecule has 106 valence electrons. The second kappa shape index (κ2) is 5.47. The number of amides is 1. The lowest BCUT2D eigenvalue weighted by molar-refractivity contribution is 0.0931. The summed E-state index contributed by atoms with van der Waals surface area (Å²) in [7, 11) is 0. The number of rotatable bonds is 3. The Bertz CT molecular complexity index is 643. The van der Waals surface area contributed by atoms with Crippen LogP contribution in [0.3, 0.4) is 0 Å². The molecule has 1 saturated heterocycles. The molecule has 1 aliphatic rings. The number of halogens is 1. The van der Waals surface area contributed by atoms with Gasteiger partial charge in [-0.15, -0.1) is 11.3 Å². The molecule has 1 aromatic carbocycles. The zero-order valence-corrected chi connectivity index (χ0v) is 11.5. The number of thiophene rings is 1. The van der Waals surface area contributed by atoms with Crippen molar-refractivity contribution in [2.45, 2.75) is 6.10 Å². The Morgan fingerprint density at radius 3 is 3.05 bits per heavy atom. The van der Waals surface area contributed by atoms with Crippen LogP contribution in [0.5, 0.6) is 0 Å². The Morgan fingerprint density at radius 1 is 1.45 bits per heavy atom. The highest BCUT2D eigenvalue weighted by Crippen LogP contribution is 2.26. The average molecular weight is 294 g/mol. The van der Waals surface area contributed by atoms with Gasteiger partial charge >= 0.3 is 0 Å². The first kappa shape index (κ1) is 13.5. The fourth-order valence-corrected chi connectivity index (χ4v) is 3.32. The fraction of sp³-hybridized carbons (Fsp3) is 0.357. The van der Waals surface area contributed by atoms with Gasteiger partial charge in [0.1, 0.15) is 5.82 Å². The third-order valence-electron chi connectivity index (χ3n) is 3.53. The van der Waals surface area contributed by atoms with E-state index in [9.17, 15) is 14.3 Å². The summed E-state index contributed by atoms with van der Waals surface area (Å²) in [6, 6.07) is 6.19. The molecule has 0 saturated carbocycles. The molecule has 2 heterocycles. The van der Waals surface area contributed by atoms with Crippen LogP contribution in [0.4, 0.5) is 4.39 Å². The van der Waals surface area contributed by atoms with Gasteiger partial charge in [-0.1, -0.05) is 0 Å². The van der Waals surface area contributed by atoms with Crippen LogP contribution in [-0.2, 0) is 0 Å². The van der Waals surface area contributed by atoms with Gasteiger partial charge in [-0.3, -0.25) is 4.79 Å². The van der Waals surface area contributed by atoms with Crippen LogP contribution in [-0.4, -0.2) is 36.8 Å². The van der Waals surface area contributed by atoms with Crippen molar-refractivity contribution in [3.63, 3.8) is 0 Å². The molecule has 1 aliphatic heterocycles. The molecule has 0 spiro atoms. The minimum atomic E-state index is -0.410. The van der Waals surface area contributed by atoms with Gasteiger partial charge in [0.05, 0.1) is 11.0 Å². The summed E-state index contributed by atoms with van der Waals surface area (Å²) in [5, 5.41) is 16.3. The molecular weight excluding hydrogens is 279 g/mol. The van der Waals surface area contributed by atoms with Gasteiger partial charge in [0.15, 0.2) is 0 Å². The summed E-state index contributed by atoms with van der Waals surface area (Å²) in [4.78, 5) is 12.6. The van der Waals surface area contributed by atoms with Gasteiger partial charge in [-0.05, 0) is 29.7 Å². The van der Waals surface area contributed by atoms with Gasteiger partial charge in [-0.2, -0.15) is 0 Å². The van der Waals surface area contributed by atoms with Gasteiger partial charge in [-0.25, -0.2) is 4.39 Å². The summed E-state index contributed by atoms with van der Waals surface area (Å²) in [6.07, 6.45) is -0.410. The van der Waals surface area contributed by atoms with Gasteiger partial charge < -0.3 is 15.7 Å². The van der Waals surface area contributed by atoms with Crippen LogP contribution in [0.2, 0.25) is 0 Å². The predicted octanol–water partition coefficient (Wildman–Crippen LogP) is 1.35. The number of hydrogen-bond acceptors (Lipinski definition) is 4. The van der Waals surface area contributed by atoms with E-state index in [1.54, 1.807) is 12.1 Å². The fourth-order valence-electron chi connectivity index (χ4n) is 2.36. The molecule has 6 heteroatoms. The normalized spacial score (nSPS) is 22.3. The highest BCUT2D eigenvalue weighted by molar-refractivity contribution is 7.20. The molecular formula is C14H15FN2O2S. The van der Waals surface area contributed by atoms with E-state index in [4.69, 9.17) is 0 Å². The van der Waals surface area contributed by atoms with Gasteiger partial charge in [0, 0.05) is 30.3 Å². The summed E-state index contributed by atoms with van der Waals surface area (Å²) >= 11 is 1.34. The Hall–Kier alpha value is -1.50. The number of β-amino-alcohol motifs (C(OH)–C–C–N with tert-alkyl or cyclic N) is 1. The Kier molecular flexibility index (Phi) is 3.69. The Balaban J connectivity index is 1.69. The number of carbonyl (C=O) groups is 1. The maximum atomic E-state index is 13.1. The van der Waals surface area contributed by atoms with Gasteiger partial charge in [0.25, 0.3) is 5.91 Å². The van der Waals surface area contributed by atoms with Crippen molar-refractivity contribution in [1.29, 1.82) is 0 Å². The zero-order chi connectivity index (χ0) is 14.1. The van der Waals surface area contributed by atoms with Crippen molar-refractivity contribution in [2.75, 3.05) is 19.6 Å². The molecule has 1 amide bonds. The maximum absolute atomic E-state index is 13.1. The van der Waals surface area contributed by atoms with Crippen molar-refractivity contribution in [3.05, 3.63) is 35.0 Å². The lowest BCUT2D eigenvalue weighted by atomic mass is 10.1. The molecule has 3 rings (SSSR count). The molecule has 20 heavy (non-hydrogen) atoms. The third-order valence-corrected chi connectivity index (χ3v) is 4.65. The molecule has 4 nitrogen and oxygen atoms in total. The first-order valence-corrected chi connectivity index (χ1v) is 7.31. The van der Waals surface area contributed by atoms with Crippen molar-refractivity contribution >= 4 is 27.3 Å². The van der Waals surface area contributed by atoms with E-state index in [0.29, 0.717) is 24.5 Å².